The maximum Gasteiger partial charge on any atom is 0.405 e. The lowest BCUT2D eigenvalue weighted by Crippen LogP contribution is -2.27. The number of amides is 1. The number of halogens is 2. The number of ether oxygens (including phenoxy) is 3. The van der Waals surface area contributed by atoms with Crippen molar-refractivity contribution < 1.29 is 42.6 Å². The molecule has 0 saturated heterocycles. The normalized spacial score (nSPS) is 10.4. The summed E-state index contributed by atoms with van der Waals surface area (Å²) >= 11 is 0. The van der Waals surface area contributed by atoms with E-state index in [4.69, 9.17) is 15.6 Å². The zero-order valence-corrected chi connectivity index (χ0v) is 14.8. The van der Waals surface area contributed by atoms with E-state index in [9.17, 15) is 28.5 Å². The molecule has 0 unspecified atom stereocenters. The third-order valence-corrected chi connectivity index (χ3v) is 2.33. The minimum atomic E-state index is -3.10. The van der Waals surface area contributed by atoms with Crippen molar-refractivity contribution in [1.82, 2.24) is 0 Å². The number of nitrogens with zero attached hydrogens (tertiary/aromatic N) is 1. The van der Waals surface area contributed by atoms with E-state index in [1.54, 1.807) is 20.8 Å². The van der Waals surface area contributed by atoms with Crippen molar-refractivity contribution in [3.8, 4) is 11.5 Å². The number of primary amides is 1. The van der Waals surface area contributed by atoms with Crippen molar-refractivity contribution >= 4 is 17.7 Å². The van der Waals surface area contributed by atoms with E-state index in [1.165, 1.54) is 0 Å². The number of carbonyl (C=O) groups is 2. The van der Waals surface area contributed by atoms with Gasteiger partial charge in [0.1, 0.15) is 11.4 Å². The Bertz CT molecular complexity index is 662. The van der Waals surface area contributed by atoms with Crippen molar-refractivity contribution in [2.45, 2.75) is 39.4 Å². The minimum absolute atomic E-state index is 0.215. The van der Waals surface area contributed by atoms with Crippen molar-refractivity contribution in [3.05, 3.63) is 28.3 Å². The van der Waals surface area contributed by atoms with Gasteiger partial charge < -0.3 is 25.1 Å². The molecule has 0 heterocycles. The number of alkyl halides is 2. The van der Waals surface area contributed by atoms with Gasteiger partial charge in [-0.3, -0.25) is 14.9 Å². The quantitative estimate of drug-likeness (QED) is 0.529. The van der Waals surface area contributed by atoms with Crippen LogP contribution in [0.1, 0.15) is 27.2 Å². The van der Waals surface area contributed by atoms with E-state index in [2.05, 4.69) is 9.47 Å². The van der Waals surface area contributed by atoms with Crippen LogP contribution in [0.4, 0.5) is 19.3 Å². The molecule has 0 radical (unpaired) electrons. The summed E-state index contributed by atoms with van der Waals surface area (Å²) in [6.07, 6.45) is -1.07. The highest BCUT2D eigenvalue weighted by Gasteiger charge is 2.18. The second-order valence-corrected chi connectivity index (χ2v) is 5.79. The molecule has 12 heteroatoms. The molecule has 1 aromatic carbocycles. The van der Waals surface area contributed by atoms with Gasteiger partial charge in [0.2, 0.25) is 0 Å². The van der Waals surface area contributed by atoms with Gasteiger partial charge in [0.25, 0.3) is 0 Å². The van der Waals surface area contributed by atoms with Crippen molar-refractivity contribution in [1.29, 1.82) is 0 Å². The fourth-order valence-electron chi connectivity index (χ4n) is 1.49. The fraction of sp³-hybridized carbons (Fsp3) is 0.467. The van der Waals surface area contributed by atoms with Gasteiger partial charge in [0, 0.05) is 0 Å². The largest absolute Gasteiger partial charge is 0.486 e. The average Bonchev–Trinajstić information content (AvgIpc) is 2.45. The first-order valence-electron chi connectivity index (χ1n) is 7.38. The van der Waals surface area contributed by atoms with E-state index < -0.39 is 34.9 Å². The lowest BCUT2D eigenvalue weighted by molar-refractivity contribution is -0.386. The molecule has 0 aliphatic carbocycles. The number of carbonyl (C=O) groups excluding carboxylic acids is 1. The molecule has 3 N–H and O–H groups in total. The second kappa shape index (κ2) is 10.7. The number of nitrogens with two attached hydrogens (primary N) is 1. The minimum Gasteiger partial charge on any atom is -0.486 e. The lowest BCUT2D eigenvalue weighted by Gasteiger charge is -2.16. The molecule has 1 rings (SSSR count). The molecule has 0 aromatic heterocycles. The Kier molecular flexibility index (Phi) is 9.47. The molecule has 0 fully saturated rings. The number of carboxylic acids is 1. The Hall–Kier alpha value is -3.18. The second-order valence-electron chi connectivity index (χ2n) is 5.79. The van der Waals surface area contributed by atoms with Crippen LogP contribution >= 0.6 is 0 Å². The zero-order chi connectivity index (χ0) is 21.2. The van der Waals surface area contributed by atoms with Crippen LogP contribution in [0.2, 0.25) is 0 Å². The predicted octanol–water partition coefficient (Wildman–Crippen LogP) is 2.93. The first-order chi connectivity index (χ1) is 12.3. The standard InChI is InChI=1S/C10H9F2NO6.C5H11NO2/c11-10(12)19-6-1-2-8(7(5-6)13(16)17)18-4-3-9(14)15;1-5(2,3)8-4(6)7/h1-2,5,10H,3-4H2,(H,14,15);1-3H3,(H2,6,7). The lowest BCUT2D eigenvalue weighted by atomic mass is 10.2. The van der Waals surface area contributed by atoms with Gasteiger partial charge >= 0.3 is 24.4 Å². The highest BCUT2D eigenvalue weighted by atomic mass is 19.3. The van der Waals surface area contributed by atoms with Crippen molar-refractivity contribution in [2.24, 2.45) is 5.73 Å². The fourth-order valence-corrected chi connectivity index (χ4v) is 1.49. The Morgan fingerprint density at radius 3 is 2.30 bits per heavy atom. The van der Waals surface area contributed by atoms with Gasteiger partial charge in [-0.05, 0) is 32.9 Å². The molecular weight excluding hydrogens is 374 g/mol. The highest BCUT2D eigenvalue weighted by molar-refractivity contribution is 5.66. The molecule has 0 saturated carbocycles. The van der Waals surface area contributed by atoms with Crippen LogP contribution in [0, 0.1) is 10.1 Å². The molecule has 1 amide bonds. The van der Waals surface area contributed by atoms with E-state index in [0.29, 0.717) is 0 Å². The van der Waals surface area contributed by atoms with E-state index in [-0.39, 0.29) is 24.5 Å². The molecule has 0 bridgehead atoms. The van der Waals surface area contributed by atoms with E-state index in [1.807, 2.05) is 0 Å². The number of aliphatic carboxylic acids is 1. The summed E-state index contributed by atoms with van der Waals surface area (Å²) in [4.78, 5) is 30.2. The monoisotopic (exact) mass is 394 g/mol. The van der Waals surface area contributed by atoms with Crippen LogP contribution in [0.25, 0.3) is 0 Å². The average molecular weight is 394 g/mol. The number of nitro benzene ring substituents is 1. The van der Waals surface area contributed by atoms with Crippen molar-refractivity contribution in [2.75, 3.05) is 6.61 Å². The summed E-state index contributed by atoms with van der Waals surface area (Å²) in [6, 6.07) is 2.91. The maximum atomic E-state index is 12.0. The van der Waals surface area contributed by atoms with Crippen LogP contribution in [0.15, 0.2) is 18.2 Å². The van der Waals surface area contributed by atoms with Crippen LogP contribution in [-0.4, -0.2) is 40.9 Å². The van der Waals surface area contributed by atoms with Gasteiger partial charge in [-0.25, -0.2) is 4.79 Å². The number of carboxylic acid groups (broad SMARTS) is 1. The third-order valence-electron chi connectivity index (χ3n) is 2.33. The van der Waals surface area contributed by atoms with E-state index >= 15 is 0 Å². The molecule has 152 valence electrons. The summed E-state index contributed by atoms with van der Waals surface area (Å²) in [5.41, 5.74) is 3.68. The van der Waals surface area contributed by atoms with E-state index in [0.717, 1.165) is 18.2 Å². The summed E-state index contributed by atoms with van der Waals surface area (Å²) in [7, 11) is 0. The van der Waals surface area contributed by atoms with Crippen molar-refractivity contribution in [3.63, 3.8) is 0 Å². The summed E-state index contributed by atoms with van der Waals surface area (Å²) in [5, 5.41) is 19.1. The van der Waals surface area contributed by atoms with Gasteiger partial charge in [0.15, 0.2) is 5.75 Å². The molecular formula is C15H20F2N2O8. The van der Waals surface area contributed by atoms with Gasteiger partial charge in [-0.2, -0.15) is 8.78 Å². The molecule has 0 aliphatic rings. The summed E-state index contributed by atoms with van der Waals surface area (Å²) < 4.78 is 37.4. The SMILES string of the molecule is CC(C)(C)OC(N)=O.O=C(O)CCOc1ccc(OC(F)F)cc1[N+](=O)[O-]. The molecule has 0 atom stereocenters. The van der Waals surface area contributed by atoms with Gasteiger partial charge in [-0.1, -0.05) is 0 Å². The topological polar surface area (TPSA) is 151 Å². The number of hydrogen-bond acceptors (Lipinski definition) is 7. The molecule has 0 aliphatic heterocycles. The van der Waals surface area contributed by atoms with Crippen LogP contribution in [0.5, 0.6) is 11.5 Å². The smallest absolute Gasteiger partial charge is 0.405 e. The number of nitro groups is 1. The molecule has 27 heavy (non-hydrogen) atoms. The molecule has 10 nitrogen and oxygen atoms in total. The van der Waals surface area contributed by atoms with Crippen LogP contribution in [-0.2, 0) is 9.53 Å². The van der Waals surface area contributed by atoms with Gasteiger partial charge in [-0.15, -0.1) is 0 Å². The van der Waals surface area contributed by atoms with Crippen LogP contribution < -0.4 is 15.2 Å². The van der Waals surface area contributed by atoms with Gasteiger partial charge in [0.05, 0.1) is 24.0 Å². The third kappa shape index (κ3) is 11.9. The first kappa shape index (κ1) is 23.8. The first-order valence-corrected chi connectivity index (χ1v) is 7.38. The molecule has 1 aromatic rings. The number of benzene rings is 1. The zero-order valence-electron chi connectivity index (χ0n) is 14.8. The molecule has 0 spiro atoms. The van der Waals surface area contributed by atoms with Crippen LogP contribution in [0.3, 0.4) is 0 Å². The Labute approximate surface area is 153 Å². The number of hydrogen-bond donors (Lipinski definition) is 2. The highest BCUT2D eigenvalue weighted by Crippen LogP contribution is 2.31. The Morgan fingerprint density at radius 2 is 1.93 bits per heavy atom. The predicted molar refractivity (Wildman–Crippen MR) is 87.9 cm³/mol. The maximum absolute atomic E-state index is 12.0. The number of rotatable bonds is 7. The summed E-state index contributed by atoms with van der Waals surface area (Å²) in [6.45, 7) is 1.91. The Balaban J connectivity index is 0.000000713. The Morgan fingerprint density at radius 1 is 1.33 bits per heavy atom. The summed E-state index contributed by atoms with van der Waals surface area (Å²) in [5.74, 6) is -1.72.